The Kier molecular flexibility index (Phi) is 5.64. The van der Waals surface area contributed by atoms with Gasteiger partial charge in [0.1, 0.15) is 11.5 Å². The van der Waals surface area contributed by atoms with E-state index in [1.807, 2.05) is 55.5 Å². The summed E-state index contributed by atoms with van der Waals surface area (Å²) in [4.78, 5) is 12.3. The Hall–Kier alpha value is -2.72. The summed E-state index contributed by atoms with van der Waals surface area (Å²) in [5.41, 5.74) is 0.917. The molecule has 26 heavy (non-hydrogen) atoms. The summed E-state index contributed by atoms with van der Waals surface area (Å²) >= 11 is 6.21. The van der Waals surface area contributed by atoms with Crippen molar-refractivity contribution >= 4 is 28.3 Å². The molecule has 0 fully saturated rings. The van der Waals surface area contributed by atoms with Crippen LogP contribution in [0.3, 0.4) is 0 Å². The molecule has 1 amide bonds. The van der Waals surface area contributed by atoms with Gasteiger partial charge in [-0.3, -0.25) is 4.79 Å². The van der Waals surface area contributed by atoms with E-state index in [2.05, 4.69) is 5.32 Å². The molecule has 0 spiro atoms. The lowest BCUT2D eigenvalue weighted by Gasteiger charge is -2.17. The summed E-state index contributed by atoms with van der Waals surface area (Å²) in [5.74, 6) is 1.16. The molecule has 0 heterocycles. The maximum absolute atomic E-state index is 12.3. The van der Waals surface area contributed by atoms with Crippen LogP contribution in [0.2, 0.25) is 5.02 Å². The zero-order chi connectivity index (χ0) is 18.5. The summed E-state index contributed by atoms with van der Waals surface area (Å²) < 4.78 is 11.1. The number of ether oxygens (including phenoxy) is 2. The van der Waals surface area contributed by atoms with E-state index in [0.717, 1.165) is 22.1 Å². The second kappa shape index (κ2) is 8.11. The van der Waals surface area contributed by atoms with Crippen molar-refractivity contribution in [1.29, 1.82) is 0 Å². The molecule has 0 radical (unpaired) electrons. The van der Waals surface area contributed by atoms with Crippen molar-refractivity contribution in [1.82, 2.24) is 5.32 Å². The molecule has 1 atom stereocenters. The number of methoxy groups -OCH3 is 1. The molecule has 3 aromatic carbocycles. The van der Waals surface area contributed by atoms with Crippen molar-refractivity contribution in [3.05, 3.63) is 71.2 Å². The summed E-state index contributed by atoms with van der Waals surface area (Å²) in [7, 11) is 1.61. The van der Waals surface area contributed by atoms with E-state index in [1.165, 1.54) is 0 Å². The van der Waals surface area contributed by atoms with E-state index in [9.17, 15) is 4.79 Å². The molecule has 0 aromatic heterocycles. The quantitative estimate of drug-likeness (QED) is 0.681. The lowest BCUT2D eigenvalue weighted by atomic mass is 10.1. The molecular formula is C21H20ClNO3. The zero-order valence-electron chi connectivity index (χ0n) is 14.7. The number of hydrogen-bond donors (Lipinski definition) is 1. The van der Waals surface area contributed by atoms with Gasteiger partial charge in [-0.05, 0) is 25.1 Å². The van der Waals surface area contributed by atoms with Crippen LogP contribution in [0.5, 0.6) is 11.5 Å². The van der Waals surface area contributed by atoms with Gasteiger partial charge in [-0.15, -0.1) is 0 Å². The van der Waals surface area contributed by atoms with Crippen molar-refractivity contribution in [3.63, 3.8) is 0 Å². The van der Waals surface area contributed by atoms with Crippen LogP contribution in [0.1, 0.15) is 18.5 Å². The first-order valence-electron chi connectivity index (χ1n) is 8.32. The number of fused-ring (bicyclic) bond motifs is 1. The van der Waals surface area contributed by atoms with E-state index >= 15 is 0 Å². The predicted octanol–water partition coefficient (Wildman–Crippen LogP) is 4.76. The van der Waals surface area contributed by atoms with Gasteiger partial charge in [0, 0.05) is 21.4 Å². The molecule has 3 aromatic rings. The summed E-state index contributed by atoms with van der Waals surface area (Å²) in [5, 5.41) is 5.36. The van der Waals surface area contributed by atoms with Gasteiger partial charge in [0.15, 0.2) is 6.61 Å². The maximum atomic E-state index is 12.3. The minimum Gasteiger partial charge on any atom is -0.496 e. The average molecular weight is 370 g/mol. The average Bonchev–Trinajstić information content (AvgIpc) is 2.67. The third-order valence-electron chi connectivity index (χ3n) is 4.17. The Morgan fingerprint density at radius 2 is 1.69 bits per heavy atom. The molecule has 0 saturated heterocycles. The number of halogens is 1. The Balaban J connectivity index is 1.67. The highest BCUT2D eigenvalue weighted by Gasteiger charge is 2.14. The zero-order valence-corrected chi connectivity index (χ0v) is 15.4. The highest BCUT2D eigenvalue weighted by atomic mass is 35.5. The molecule has 134 valence electrons. The van der Waals surface area contributed by atoms with Gasteiger partial charge in [-0.1, -0.05) is 54.1 Å². The lowest BCUT2D eigenvalue weighted by molar-refractivity contribution is -0.123. The monoisotopic (exact) mass is 369 g/mol. The number of carbonyl (C=O) groups is 1. The van der Waals surface area contributed by atoms with E-state index in [1.54, 1.807) is 19.2 Å². The van der Waals surface area contributed by atoms with Gasteiger partial charge >= 0.3 is 0 Å². The third kappa shape index (κ3) is 3.92. The number of benzene rings is 3. The van der Waals surface area contributed by atoms with Crippen LogP contribution in [0.15, 0.2) is 60.7 Å². The number of amides is 1. The van der Waals surface area contributed by atoms with E-state index in [4.69, 9.17) is 21.1 Å². The van der Waals surface area contributed by atoms with Crippen molar-refractivity contribution in [2.75, 3.05) is 13.7 Å². The molecule has 5 heteroatoms. The van der Waals surface area contributed by atoms with Crippen LogP contribution >= 0.6 is 11.6 Å². The van der Waals surface area contributed by atoms with Gasteiger partial charge in [-0.2, -0.15) is 0 Å². The molecule has 3 rings (SSSR count). The van der Waals surface area contributed by atoms with Crippen LogP contribution in [0.4, 0.5) is 0 Å². The fourth-order valence-corrected chi connectivity index (χ4v) is 3.12. The maximum Gasteiger partial charge on any atom is 0.258 e. The van der Waals surface area contributed by atoms with E-state index in [-0.39, 0.29) is 18.6 Å². The predicted molar refractivity (Wildman–Crippen MR) is 104 cm³/mol. The number of nitrogens with one attached hydrogen (secondary N) is 1. The minimum absolute atomic E-state index is 0.0783. The normalized spacial score (nSPS) is 11.8. The first kappa shape index (κ1) is 18.1. The van der Waals surface area contributed by atoms with Gasteiger partial charge in [-0.25, -0.2) is 0 Å². The van der Waals surface area contributed by atoms with Crippen LogP contribution in [-0.2, 0) is 4.79 Å². The number of rotatable bonds is 6. The fourth-order valence-electron chi connectivity index (χ4n) is 2.89. The fraction of sp³-hybridized carbons (Fsp3) is 0.190. The van der Waals surface area contributed by atoms with Crippen LogP contribution < -0.4 is 14.8 Å². The number of carbonyl (C=O) groups excluding carboxylic acids is 1. The lowest BCUT2D eigenvalue weighted by Crippen LogP contribution is -2.31. The Bertz CT molecular complexity index is 926. The first-order valence-corrected chi connectivity index (χ1v) is 8.70. The SMILES string of the molecule is COc1ccccc1[C@H](C)NC(=O)COc1ccc(Cl)c2ccccc12. The van der Waals surface area contributed by atoms with Crippen LogP contribution in [-0.4, -0.2) is 19.6 Å². The largest absolute Gasteiger partial charge is 0.496 e. The van der Waals surface area contributed by atoms with Crippen molar-refractivity contribution < 1.29 is 14.3 Å². The Labute approximate surface area is 157 Å². The van der Waals surface area contributed by atoms with Gasteiger partial charge in [0.25, 0.3) is 5.91 Å². The third-order valence-corrected chi connectivity index (χ3v) is 4.50. The smallest absolute Gasteiger partial charge is 0.258 e. The summed E-state index contributed by atoms with van der Waals surface area (Å²) in [6, 6.07) is 18.6. The molecule has 4 nitrogen and oxygen atoms in total. The standard InChI is InChI=1S/C21H20ClNO3/c1-14(15-7-5-6-10-19(15)25-2)23-21(24)13-26-20-12-11-18(22)16-8-3-4-9-17(16)20/h3-12,14H,13H2,1-2H3,(H,23,24)/t14-/m0/s1. The number of para-hydroxylation sites is 1. The molecule has 0 unspecified atom stereocenters. The van der Waals surface area contributed by atoms with Crippen molar-refractivity contribution in [2.45, 2.75) is 13.0 Å². The second-order valence-corrected chi connectivity index (χ2v) is 6.32. The molecule has 0 aliphatic heterocycles. The molecule has 0 bridgehead atoms. The van der Waals surface area contributed by atoms with Crippen molar-refractivity contribution in [3.8, 4) is 11.5 Å². The van der Waals surface area contributed by atoms with E-state index < -0.39 is 0 Å². The molecular weight excluding hydrogens is 350 g/mol. The van der Waals surface area contributed by atoms with Crippen molar-refractivity contribution in [2.24, 2.45) is 0 Å². The summed E-state index contributed by atoms with van der Waals surface area (Å²) in [6.45, 7) is 1.83. The molecule has 0 aliphatic rings. The topological polar surface area (TPSA) is 47.6 Å². The molecule has 0 aliphatic carbocycles. The summed E-state index contributed by atoms with van der Waals surface area (Å²) in [6.07, 6.45) is 0. The highest BCUT2D eigenvalue weighted by Crippen LogP contribution is 2.31. The Morgan fingerprint density at radius 1 is 1.00 bits per heavy atom. The second-order valence-electron chi connectivity index (χ2n) is 5.91. The van der Waals surface area contributed by atoms with E-state index in [0.29, 0.717) is 10.8 Å². The minimum atomic E-state index is -0.206. The van der Waals surface area contributed by atoms with Gasteiger partial charge < -0.3 is 14.8 Å². The molecule has 0 saturated carbocycles. The first-order chi connectivity index (χ1) is 12.6. The van der Waals surface area contributed by atoms with Crippen LogP contribution in [0, 0.1) is 0 Å². The Morgan fingerprint density at radius 3 is 2.46 bits per heavy atom. The van der Waals surface area contributed by atoms with Gasteiger partial charge in [0.05, 0.1) is 13.2 Å². The van der Waals surface area contributed by atoms with Gasteiger partial charge in [0.2, 0.25) is 0 Å². The highest BCUT2D eigenvalue weighted by molar-refractivity contribution is 6.35. The number of hydrogen-bond acceptors (Lipinski definition) is 3. The molecule has 1 N–H and O–H groups in total. The van der Waals surface area contributed by atoms with Crippen LogP contribution in [0.25, 0.3) is 10.8 Å².